The number of aliphatic hydroxyl groups excluding tert-OH is 1. The highest BCUT2D eigenvalue weighted by molar-refractivity contribution is 6.46. The molecule has 2 aliphatic heterocycles. The van der Waals surface area contributed by atoms with Crippen LogP contribution in [0.5, 0.6) is 5.75 Å². The van der Waals surface area contributed by atoms with Gasteiger partial charge >= 0.3 is 0 Å². The van der Waals surface area contributed by atoms with Crippen molar-refractivity contribution in [3.05, 3.63) is 111 Å². The second-order valence-electron chi connectivity index (χ2n) is 10.0. The van der Waals surface area contributed by atoms with Crippen molar-refractivity contribution in [2.75, 3.05) is 39.4 Å². The van der Waals surface area contributed by atoms with Crippen LogP contribution >= 0.6 is 0 Å². The van der Waals surface area contributed by atoms with Crippen molar-refractivity contribution >= 4 is 23.1 Å². The van der Waals surface area contributed by atoms with Crippen LogP contribution in [-0.4, -0.2) is 70.9 Å². The fraction of sp³-hybridized carbons (Fsp3) is 0.290. The van der Waals surface area contributed by atoms with E-state index in [1.54, 1.807) is 25.1 Å². The lowest BCUT2D eigenvalue weighted by atomic mass is 9.93. The summed E-state index contributed by atoms with van der Waals surface area (Å²) in [6.07, 6.45) is 0. The summed E-state index contributed by atoms with van der Waals surface area (Å²) in [6.45, 7) is 5.54. The molecule has 3 aromatic rings. The molecule has 2 fully saturated rings. The highest BCUT2D eigenvalue weighted by Gasteiger charge is 2.46. The molecule has 5 rings (SSSR count). The number of amides is 1. The predicted molar refractivity (Wildman–Crippen MR) is 151 cm³/mol. The Morgan fingerprint density at radius 2 is 1.73 bits per heavy atom. The van der Waals surface area contributed by atoms with E-state index in [0.717, 1.165) is 5.56 Å². The molecule has 0 bridgehead atoms. The molecule has 41 heavy (non-hydrogen) atoms. The Morgan fingerprint density at radius 1 is 1.02 bits per heavy atom. The molecule has 2 heterocycles. The van der Waals surface area contributed by atoms with E-state index in [4.69, 9.17) is 9.47 Å². The van der Waals surface area contributed by atoms with E-state index in [-0.39, 0.29) is 23.6 Å². The van der Waals surface area contributed by atoms with Gasteiger partial charge in [-0.25, -0.2) is 0 Å². The van der Waals surface area contributed by atoms with Crippen LogP contribution < -0.4 is 4.74 Å². The van der Waals surface area contributed by atoms with E-state index in [9.17, 15) is 24.8 Å². The predicted octanol–water partition coefficient (Wildman–Crippen LogP) is 4.24. The van der Waals surface area contributed by atoms with Crippen LogP contribution in [0.25, 0.3) is 5.76 Å². The topological polar surface area (TPSA) is 122 Å². The summed E-state index contributed by atoms with van der Waals surface area (Å²) < 4.78 is 11.3. The van der Waals surface area contributed by atoms with Crippen molar-refractivity contribution in [2.45, 2.75) is 19.6 Å². The quantitative estimate of drug-likeness (QED) is 0.136. The average molecular weight is 558 g/mol. The number of ether oxygens (including phenoxy) is 2. The summed E-state index contributed by atoms with van der Waals surface area (Å²) in [5, 5.41) is 22.7. The standard InChI is InChI=1S/C31H31N3O7/c1-21-19-25(41-20-22-5-3-2-4-6-22)11-12-26(21)29(35)27-28(23-7-9-24(10-8-23)34(38)39)33(31(37)30(27)36)14-13-32-15-17-40-18-16-32/h2-12,19,28,35H,13-18,20H2,1H3/b29-27+/t28-/m1/s1. The number of morpholine rings is 1. The van der Waals surface area contributed by atoms with Crippen molar-refractivity contribution in [1.82, 2.24) is 9.80 Å². The van der Waals surface area contributed by atoms with Crippen LogP contribution in [-0.2, 0) is 20.9 Å². The number of benzene rings is 3. The zero-order valence-electron chi connectivity index (χ0n) is 22.7. The summed E-state index contributed by atoms with van der Waals surface area (Å²) in [7, 11) is 0. The minimum atomic E-state index is -0.898. The third-order valence-corrected chi connectivity index (χ3v) is 7.42. The number of hydrogen-bond acceptors (Lipinski definition) is 8. The third-order valence-electron chi connectivity index (χ3n) is 7.42. The molecule has 10 heteroatoms. The normalized spacial score (nSPS) is 19.0. The first-order chi connectivity index (χ1) is 19.8. The number of nitrogens with zero attached hydrogens (tertiary/aromatic N) is 3. The highest BCUT2D eigenvalue weighted by atomic mass is 16.6. The van der Waals surface area contributed by atoms with Crippen LogP contribution in [0.4, 0.5) is 5.69 Å². The number of nitro groups is 1. The summed E-state index contributed by atoms with van der Waals surface area (Å²) in [6, 6.07) is 19.7. The largest absolute Gasteiger partial charge is 0.507 e. The van der Waals surface area contributed by atoms with Crippen LogP contribution in [0.1, 0.15) is 28.3 Å². The Labute approximate surface area is 237 Å². The number of hydrogen-bond donors (Lipinski definition) is 1. The lowest BCUT2D eigenvalue weighted by Gasteiger charge is -2.31. The van der Waals surface area contributed by atoms with Crippen molar-refractivity contribution in [2.24, 2.45) is 0 Å². The van der Waals surface area contributed by atoms with Crippen molar-refractivity contribution in [3.63, 3.8) is 0 Å². The fourth-order valence-corrected chi connectivity index (χ4v) is 5.19. The minimum absolute atomic E-state index is 0.0492. The van der Waals surface area contributed by atoms with E-state index in [1.165, 1.54) is 29.2 Å². The van der Waals surface area contributed by atoms with Gasteiger partial charge in [-0.3, -0.25) is 24.6 Å². The van der Waals surface area contributed by atoms with Gasteiger partial charge in [-0.15, -0.1) is 0 Å². The van der Waals surface area contributed by atoms with Gasteiger partial charge in [0.2, 0.25) is 0 Å². The molecule has 10 nitrogen and oxygen atoms in total. The van der Waals surface area contributed by atoms with Crippen molar-refractivity contribution in [1.29, 1.82) is 0 Å². The third kappa shape index (κ3) is 6.13. The maximum absolute atomic E-state index is 13.4. The van der Waals surface area contributed by atoms with Gasteiger partial charge < -0.3 is 19.5 Å². The van der Waals surface area contributed by atoms with E-state index in [0.29, 0.717) is 61.9 Å². The van der Waals surface area contributed by atoms with Gasteiger partial charge in [0.05, 0.1) is 29.8 Å². The Bertz CT molecular complexity index is 1460. The smallest absolute Gasteiger partial charge is 0.295 e. The number of carbonyl (C=O) groups is 2. The number of Topliss-reactive ketones (excluding diaryl/α,β-unsaturated/α-hetero) is 1. The number of aryl methyl sites for hydroxylation is 1. The minimum Gasteiger partial charge on any atom is -0.507 e. The summed E-state index contributed by atoms with van der Waals surface area (Å²) >= 11 is 0. The van der Waals surface area contributed by atoms with Gasteiger partial charge in [0.1, 0.15) is 18.1 Å². The molecule has 0 aromatic heterocycles. The first-order valence-corrected chi connectivity index (χ1v) is 13.4. The number of likely N-dealkylation sites (tertiary alicyclic amines) is 1. The molecule has 0 saturated carbocycles. The lowest BCUT2D eigenvalue weighted by molar-refractivity contribution is -0.384. The second kappa shape index (κ2) is 12.3. The second-order valence-corrected chi connectivity index (χ2v) is 10.0. The van der Waals surface area contributed by atoms with E-state index in [2.05, 4.69) is 4.90 Å². The Kier molecular flexibility index (Phi) is 8.42. The average Bonchev–Trinajstić information content (AvgIpc) is 3.25. The maximum Gasteiger partial charge on any atom is 0.295 e. The zero-order valence-corrected chi connectivity index (χ0v) is 22.7. The molecule has 212 valence electrons. The van der Waals surface area contributed by atoms with Crippen LogP contribution in [0.3, 0.4) is 0 Å². The Balaban J connectivity index is 1.47. The monoisotopic (exact) mass is 557 g/mol. The molecule has 0 unspecified atom stereocenters. The van der Waals surface area contributed by atoms with Gasteiger partial charge in [0, 0.05) is 43.9 Å². The molecule has 1 amide bonds. The first-order valence-electron chi connectivity index (χ1n) is 13.4. The molecular weight excluding hydrogens is 526 g/mol. The van der Waals surface area contributed by atoms with Gasteiger partial charge in [-0.2, -0.15) is 0 Å². The number of ketones is 1. The van der Waals surface area contributed by atoms with Crippen LogP contribution in [0.2, 0.25) is 0 Å². The molecule has 0 spiro atoms. The molecule has 2 aliphatic rings. The highest BCUT2D eigenvalue weighted by Crippen LogP contribution is 2.40. The molecule has 0 aliphatic carbocycles. The molecule has 2 saturated heterocycles. The number of aliphatic hydroxyl groups is 1. The van der Waals surface area contributed by atoms with E-state index in [1.807, 2.05) is 30.3 Å². The summed E-state index contributed by atoms with van der Waals surface area (Å²) in [4.78, 5) is 41.0. The number of rotatable bonds is 9. The number of non-ortho nitro benzene ring substituents is 1. The SMILES string of the molecule is Cc1cc(OCc2ccccc2)ccc1/C(O)=C1\C(=O)C(=O)N(CCN2CCOCC2)[C@@H]1c1ccc([N+](=O)[O-])cc1. The summed E-state index contributed by atoms with van der Waals surface area (Å²) in [5.41, 5.74) is 2.41. The van der Waals surface area contributed by atoms with Gasteiger partial charge in [0.15, 0.2) is 0 Å². The summed E-state index contributed by atoms with van der Waals surface area (Å²) in [5.74, 6) is -1.21. The molecule has 1 N–H and O–H groups in total. The molecule has 1 atom stereocenters. The Hall–Kier alpha value is -4.54. The molecule has 0 radical (unpaired) electrons. The number of nitro benzene ring substituents is 1. The fourth-order valence-electron chi connectivity index (χ4n) is 5.19. The van der Waals surface area contributed by atoms with Gasteiger partial charge in [-0.1, -0.05) is 30.3 Å². The lowest BCUT2D eigenvalue weighted by Crippen LogP contribution is -2.42. The zero-order chi connectivity index (χ0) is 28.9. The van der Waals surface area contributed by atoms with Gasteiger partial charge in [0.25, 0.3) is 17.4 Å². The maximum atomic E-state index is 13.4. The molecular formula is C31H31N3O7. The van der Waals surface area contributed by atoms with Crippen LogP contribution in [0.15, 0.2) is 78.4 Å². The van der Waals surface area contributed by atoms with E-state index < -0.39 is 22.7 Å². The van der Waals surface area contributed by atoms with Crippen LogP contribution in [0, 0.1) is 17.0 Å². The number of carbonyl (C=O) groups excluding carboxylic acids is 2. The Morgan fingerprint density at radius 3 is 2.39 bits per heavy atom. The first kappa shape index (κ1) is 28.0. The van der Waals surface area contributed by atoms with Gasteiger partial charge in [-0.05, 0) is 53.9 Å². The van der Waals surface area contributed by atoms with Crippen molar-refractivity contribution in [3.8, 4) is 5.75 Å². The van der Waals surface area contributed by atoms with E-state index >= 15 is 0 Å². The molecule has 3 aromatic carbocycles. The van der Waals surface area contributed by atoms with Crippen molar-refractivity contribution < 1.29 is 29.1 Å².